The molecule has 0 aromatic carbocycles. The average molecular weight is 199 g/mol. The van der Waals surface area contributed by atoms with Crippen LogP contribution in [0.4, 0.5) is 0 Å². The molecule has 0 aliphatic heterocycles. The van der Waals surface area contributed by atoms with Gasteiger partial charge in [-0.25, -0.2) is 0 Å². The fraction of sp³-hybridized carbons (Fsp3) is 0.357. The topological polar surface area (TPSA) is 12.9 Å². The van der Waals surface area contributed by atoms with Gasteiger partial charge in [0.1, 0.15) is 0 Å². The van der Waals surface area contributed by atoms with Gasteiger partial charge in [0.25, 0.3) is 0 Å². The molecular formula is C14H17N. The lowest BCUT2D eigenvalue weighted by atomic mass is 9.96. The number of pyridine rings is 1. The number of aromatic nitrogens is 1. The van der Waals surface area contributed by atoms with Gasteiger partial charge in [-0.15, -0.1) is 0 Å². The summed E-state index contributed by atoms with van der Waals surface area (Å²) in [6, 6.07) is 4.10. The number of hydrogen-bond acceptors (Lipinski definition) is 1. The second-order valence-electron chi connectivity index (χ2n) is 4.23. The fourth-order valence-electron chi connectivity index (χ4n) is 2.27. The van der Waals surface area contributed by atoms with Crippen molar-refractivity contribution in [2.75, 3.05) is 0 Å². The first-order chi connectivity index (χ1) is 7.20. The van der Waals surface area contributed by atoms with Crippen LogP contribution >= 0.6 is 0 Å². The minimum atomic E-state index is 1.08. The lowest BCUT2D eigenvalue weighted by Gasteiger charge is -2.10. The Kier molecular flexibility index (Phi) is 2.72. The zero-order valence-corrected chi connectivity index (χ0v) is 9.51. The first kappa shape index (κ1) is 10.2. The summed E-state index contributed by atoms with van der Waals surface area (Å²) >= 11 is 0. The monoisotopic (exact) mass is 199 g/mol. The van der Waals surface area contributed by atoms with Crippen LogP contribution in [-0.2, 0) is 0 Å². The second kappa shape index (κ2) is 4.01. The summed E-state index contributed by atoms with van der Waals surface area (Å²) in [4.78, 5) is 4.31. The van der Waals surface area contributed by atoms with Gasteiger partial charge in [0.15, 0.2) is 0 Å². The van der Waals surface area contributed by atoms with Gasteiger partial charge in [0.2, 0.25) is 0 Å². The third-order valence-corrected chi connectivity index (χ3v) is 3.19. The molecule has 1 heterocycles. The van der Waals surface area contributed by atoms with E-state index in [2.05, 4.69) is 24.6 Å². The Morgan fingerprint density at radius 2 is 2.13 bits per heavy atom. The van der Waals surface area contributed by atoms with Crippen LogP contribution in [-0.4, -0.2) is 4.98 Å². The molecule has 1 heteroatoms. The highest BCUT2D eigenvalue weighted by Crippen LogP contribution is 2.35. The summed E-state index contributed by atoms with van der Waals surface area (Å²) in [5, 5.41) is 0. The molecule has 15 heavy (non-hydrogen) atoms. The Balaban J connectivity index is 2.37. The van der Waals surface area contributed by atoms with Gasteiger partial charge < -0.3 is 0 Å². The smallest absolute Gasteiger partial charge is 0.0450 e. The lowest BCUT2D eigenvalue weighted by molar-refractivity contribution is 0.900. The number of aryl methyl sites for hydroxylation is 1. The maximum atomic E-state index is 4.31. The van der Waals surface area contributed by atoms with Crippen LogP contribution in [0.1, 0.15) is 37.4 Å². The van der Waals surface area contributed by atoms with Crippen molar-refractivity contribution >= 4 is 5.57 Å². The summed E-state index contributed by atoms with van der Waals surface area (Å²) in [5.41, 5.74) is 6.41. The second-order valence-corrected chi connectivity index (χ2v) is 4.23. The zero-order chi connectivity index (χ0) is 10.8. The average Bonchev–Trinajstić information content (AvgIpc) is 2.64. The van der Waals surface area contributed by atoms with Crippen molar-refractivity contribution in [1.29, 1.82) is 0 Å². The van der Waals surface area contributed by atoms with Crippen LogP contribution in [0.5, 0.6) is 0 Å². The summed E-state index contributed by atoms with van der Waals surface area (Å²) in [6.07, 6.45) is 5.52. The maximum absolute atomic E-state index is 4.31. The van der Waals surface area contributed by atoms with Crippen LogP contribution in [0.2, 0.25) is 0 Å². The maximum Gasteiger partial charge on any atom is 0.0450 e. The summed E-state index contributed by atoms with van der Waals surface area (Å²) < 4.78 is 0. The van der Waals surface area contributed by atoms with Crippen LogP contribution in [0.15, 0.2) is 36.1 Å². The molecular weight excluding hydrogens is 182 g/mol. The molecule has 1 nitrogen and oxygen atoms in total. The van der Waals surface area contributed by atoms with Crippen molar-refractivity contribution in [2.45, 2.75) is 33.1 Å². The molecule has 0 radical (unpaired) electrons. The van der Waals surface area contributed by atoms with Gasteiger partial charge in [-0.1, -0.05) is 18.2 Å². The van der Waals surface area contributed by atoms with Crippen molar-refractivity contribution in [3.8, 4) is 0 Å². The SMILES string of the molecule is C=C(C1=C(C)CCC1)c1cccnc1C. The summed E-state index contributed by atoms with van der Waals surface area (Å²) in [6.45, 7) is 8.49. The van der Waals surface area contributed by atoms with Gasteiger partial charge in [0.05, 0.1) is 0 Å². The molecule has 1 aliphatic rings. The standard InChI is InChI=1S/C14H17N/c1-10-6-4-7-13(10)11(2)14-8-5-9-15-12(14)3/h5,8-9H,2,4,6-7H2,1,3H3. The van der Waals surface area contributed by atoms with E-state index in [4.69, 9.17) is 0 Å². The number of hydrogen-bond donors (Lipinski definition) is 0. The van der Waals surface area contributed by atoms with Gasteiger partial charge in [-0.3, -0.25) is 4.98 Å². The van der Waals surface area contributed by atoms with Gasteiger partial charge in [-0.05, 0) is 50.3 Å². The summed E-state index contributed by atoms with van der Waals surface area (Å²) in [5.74, 6) is 0. The highest BCUT2D eigenvalue weighted by atomic mass is 14.7. The molecule has 2 rings (SSSR count). The fourth-order valence-corrected chi connectivity index (χ4v) is 2.27. The number of allylic oxidation sites excluding steroid dienone is 3. The predicted octanol–water partition coefficient (Wildman–Crippen LogP) is 3.90. The van der Waals surface area contributed by atoms with E-state index >= 15 is 0 Å². The normalized spacial score (nSPS) is 15.9. The molecule has 78 valence electrons. The zero-order valence-electron chi connectivity index (χ0n) is 9.51. The van der Waals surface area contributed by atoms with E-state index in [0.717, 1.165) is 5.69 Å². The molecule has 0 amide bonds. The molecule has 0 fully saturated rings. The van der Waals surface area contributed by atoms with Crippen molar-refractivity contribution in [3.63, 3.8) is 0 Å². The Morgan fingerprint density at radius 3 is 2.73 bits per heavy atom. The third-order valence-electron chi connectivity index (χ3n) is 3.19. The van der Waals surface area contributed by atoms with Crippen LogP contribution < -0.4 is 0 Å². The van der Waals surface area contributed by atoms with Crippen LogP contribution in [0, 0.1) is 6.92 Å². The molecule has 0 atom stereocenters. The lowest BCUT2D eigenvalue weighted by Crippen LogP contribution is -1.93. The Labute approximate surface area is 91.6 Å². The Hall–Kier alpha value is -1.37. The molecule has 0 bridgehead atoms. The Bertz CT molecular complexity index is 427. The molecule has 0 unspecified atom stereocenters. The Morgan fingerprint density at radius 1 is 1.33 bits per heavy atom. The van der Waals surface area contributed by atoms with E-state index in [-0.39, 0.29) is 0 Å². The molecule has 1 aromatic rings. The number of rotatable bonds is 2. The van der Waals surface area contributed by atoms with E-state index in [0.29, 0.717) is 0 Å². The molecule has 1 aliphatic carbocycles. The van der Waals surface area contributed by atoms with E-state index in [9.17, 15) is 0 Å². The largest absolute Gasteiger partial charge is 0.261 e. The minimum Gasteiger partial charge on any atom is -0.261 e. The highest BCUT2D eigenvalue weighted by Gasteiger charge is 2.15. The van der Waals surface area contributed by atoms with E-state index < -0.39 is 0 Å². The van der Waals surface area contributed by atoms with Crippen molar-refractivity contribution in [2.24, 2.45) is 0 Å². The van der Waals surface area contributed by atoms with E-state index in [1.54, 1.807) is 0 Å². The van der Waals surface area contributed by atoms with Gasteiger partial charge in [-0.2, -0.15) is 0 Å². The highest BCUT2D eigenvalue weighted by molar-refractivity contribution is 5.79. The van der Waals surface area contributed by atoms with Crippen LogP contribution in [0.3, 0.4) is 0 Å². The number of nitrogens with zero attached hydrogens (tertiary/aromatic N) is 1. The first-order valence-corrected chi connectivity index (χ1v) is 5.50. The minimum absolute atomic E-state index is 1.08. The summed E-state index contributed by atoms with van der Waals surface area (Å²) in [7, 11) is 0. The predicted molar refractivity (Wildman–Crippen MR) is 64.6 cm³/mol. The third kappa shape index (κ3) is 1.87. The van der Waals surface area contributed by atoms with Gasteiger partial charge in [0, 0.05) is 17.5 Å². The van der Waals surface area contributed by atoms with E-state index in [1.807, 2.05) is 19.2 Å². The van der Waals surface area contributed by atoms with Crippen molar-refractivity contribution in [3.05, 3.63) is 47.3 Å². The molecule has 0 saturated carbocycles. The molecule has 0 saturated heterocycles. The molecule has 0 N–H and O–H groups in total. The van der Waals surface area contributed by atoms with Crippen molar-refractivity contribution in [1.82, 2.24) is 4.98 Å². The van der Waals surface area contributed by atoms with Crippen LogP contribution in [0.25, 0.3) is 5.57 Å². The van der Waals surface area contributed by atoms with Crippen molar-refractivity contribution < 1.29 is 0 Å². The van der Waals surface area contributed by atoms with Gasteiger partial charge >= 0.3 is 0 Å². The molecule has 0 spiro atoms. The molecule has 1 aromatic heterocycles. The van der Waals surface area contributed by atoms with E-state index in [1.165, 1.54) is 41.5 Å². The quantitative estimate of drug-likeness (QED) is 0.703. The first-order valence-electron chi connectivity index (χ1n) is 5.50.